The fraction of sp³-hybridized carbons (Fsp3) is 0.286. The third-order valence-electron chi connectivity index (χ3n) is 1.28. The number of nitro groups is 1. The molecule has 0 saturated heterocycles. The van der Waals surface area contributed by atoms with Crippen molar-refractivity contribution in [3.63, 3.8) is 0 Å². The second-order valence-electron chi connectivity index (χ2n) is 2.16. The average Bonchev–Trinajstić information content (AvgIpc) is 2.52. The van der Waals surface area contributed by atoms with Crippen molar-refractivity contribution in [2.24, 2.45) is 0 Å². The van der Waals surface area contributed by atoms with Crippen LogP contribution in [0, 0.1) is 15.5 Å². The van der Waals surface area contributed by atoms with Crippen molar-refractivity contribution in [1.29, 1.82) is 5.41 Å². The van der Waals surface area contributed by atoms with Crippen molar-refractivity contribution in [1.82, 2.24) is 0 Å². The van der Waals surface area contributed by atoms with Gasteiger partial charge in [-0.2, -0.15) is 0 Å². The van der Waals surface area contributed by atoms with Crippen LogP contribution in [0.3, 0.4) is 0 Å². The summed E-state index contributed by atoms with van der Waals surface area (Å²) >= 11 is 0.940. The highest BCUT2D eigenvalue weighted by Crippen LogP contribution is 2.24. The highest BCUT2D eigenvalue weighted by molar-refractivity contribution is 7.17. The number of hydrogen-bond donors (Lipinski definition) is 1. The molecule has 1 rings (SSSR count). The van der Waals surface area contributed by atoms with Crippen LogP contribution in [0.2, 0.25) is 0 Å². The van der Waals surface area contributed by atoms with Crippen molar-refractivity contribution in [3.05, 3.63) is 27.1 Å². The highest BCUT2D eigenvalue weighted by Gasteiger charge is 2.12. The minimum atomic E-state index is -0.479. The standard InChI is InChI=1S/C7H8N2O3S.ClH/c1-2-12-7(8)5-3-4-6(13-5)9(10)11;/h3-4,8H,2H2,1H3;1H. The van der Waals surface area contributed by atoms with Crippen LogP contribution in [-0.4, -0.2) is 17.4 Å². The SMILES string of the molecule is CCOC(=N)c1ccc([N+](=O)[O-])s1.Cl. The summed E-state index contributed by atoms with van der Waals surface area (Å²) in [6.45, 7) is 2.15. The smallest absolute Gasteiger partial charge is 0.324 e. The van der Waals surface area contributed by atoms with Crippen molar-refractivity contribution < 1.29 is 9.66 Å². The highest BCUT2D eigenvalue weighted by atomic mass is 35.5. The monoisotopic (exact) mass is 236 g/mol. The van der Waals surface area contributed by atoms with Crippen LogP contribution >= 0.6 is 23.7 Å². The van der Waals surface area contributed by atoms with Gasteiger partial charge < -0.3 is 4.74 Å². The Morgan fingerprint density at radius 1 is 1.71 bits per heavy atom. The van der Waals surface area contributed by atoms with Crippen LogP contribution in [0.25, 0.3) is 0 Å². The Bertz CT molecular complexity index is 339. The maximum absolute atomic E-state index is 10.3. The second kappa shape index (κ2) is 5.56. The first kappa shape index (κ1) is 12.9. The predicted molar refractivity (Wildman–Crippen MR) is 56.7 cm³/mol. The van der Waals surface area contributed by atoms with Gasteiger partial charge in [-0.3, -0.25) is 15.5 Å². The van der Waals surface area contributed by atoms with E-state index in [2.05, 4.69) is 0 Å². The number of nitrogens with zero attached hydrogens (tertiary/aromatic N) is 1. The van der Waals surface area contributed by atoms with Crippen molar-refractivity contribution >= 4 is 34.6 Å². The zero-order chi connectivity index (χ0) is 9.84. The molecule has 0 bridgehead atoms. The first-order valence-electron chi connectivity index (χ1n) is 3.61. The summed E-state index contributed by atoms with van der Waals surface area (Å²) in [6.07, 6.45) is 0. The average molecular weight is 237 g/mol. The van der Waals surface area contributed by atoms with E-state index >= 15 is 0 Å². The molecule has 0 aliphatic heterocycles. The van der Waals surface area contributed by atoms with Crippen LogP contribution in [0.5, 0.6) is 0 Å². The van der Waals surface area contributed by atoms with E-state index in [9.17, 15) is 10.1 Å². The lowest BCUT2D eigenvalue weighted by Crippen LogP contribution is -2.01. The molecular formula is C7H9ClN2O3S. The zero-order valence-corrected chi connectivity index (χ0v) is 8.98. The predicted octanol–water partition coefficient (Wildman–Crippen LogP) is 2.44. The summed E-state index contributed by atoms with van der Waals surface area (Å²) < 4.78 is 4.89. The van der Waals surface area contributed by atoms with Crippen molar-refractivity contribution in [2.45, 2.75) is 6.92 Å². The Hall–Kier alpha value is -1.14. The van der Waals surface area contributed by atoms with E-state index in [-0.39, 0.29) is 23.3 Å². The molecule has 0 amide bonds. The summed E-state index contributed by atoms with van der Waals surface area (Å²) in [7, 11) is 0. The molecule has 1 heterocycles. The number of thiophene rings is 1. The molecule has 78 valence electrons. The topological polar surface area (TPSA) is 76.2 Å². The maximum atomic E-state index is 10.3. The molecule has 5 nitrogen and oxygen atoms in total. The quantitative estimate of drug-likeness (QED) is 0.379. The lowest BCUT2D eigenvalue weighted by molar-refractivity contribution is -0.380. The molecule has 0 aliphatic rings. The third-order valence-corrected chi connectivity index (χ3v) is 2.32. The normalized spacial score (nSPS) is 8.93. The lowest BCUT2D eigenvalue weighted by Gasteiger charge is -1.99. The molecule has 0 aromatic carbocycles. The molecule has 0 unspecified atom stereocenters. The number of ether oxygens (including phenoxy) is 1. The van der Waals surface area contributed by atoms with Gasteiger partial charge in [0.1, 0.15) is 0 Å². The van der Waals surface area contributed by atoms with Crippen molar-refractivity contribution in [2.75, 3.05) is 6.61 Å². The van der Waals surface area contributed by atoms with E-state index in [0.29, 0.717) is 11.5 Å². The van der Waals surface area contributed by atoms with Gasteiger partial charge in [0.25, 0.3) is 0 Å². The molecule has 0 aliphatic carbocycles. The lowest BCUT2D eigenvalue weighted by atomic mass is 10.4. The Labute approximate surface area is 90.8 Å². The number of halogens is 1. The van der Waals surface area contributed by atoms with Crippen LogP contribution in [0.15, 0.2) is 12.1 Å². The molecule has 0 spiro atoms. The maximum Gasteiger partial charge on any atom is 0.324 e. The van der Waals surface area contributed by atoms with E-state index in [0.717, 1.165) is 11.3 Å². The van der Waals surface area contributed by atoms with Gasteiger partial charge in [0, 0.05) is 6.07 Å². The van der Waals surface area contributed by atoms with Gasteiger partial charge in [-0.05, 0) is 13.0 Å². The Balaban J connectivity index is 0.00000169. The van der Waals surface area contributed by atoms with Crippen LogP contribution < -0.4 is 0 Å². The molecule has 1 N–H and O–H groups in total. The molecule has 1 aromatic rings. The molecule has 0 atom stereocenters. The van der Waals surface area contributed by atoms with Gasteiger partial charge >= 0.3 is 5.00 Å². The summed E-state index contributed by atoms with van der Waals surface area (Å²) in [4.78, 5) is 10.3. The molecule has 0 radical (unpaired) electrons. The second-order valence-corrected chi connectivity index (χ2v) is 3.22. The molecule has 7 heteroatoms. The van der Waals surface area contributed by atoms with Crippen molar-refractivity contribution in [3.8, 4) is 0 Å². The van der Waals surface area contributed by atoms with Gasteiger partial charge in [-0.25, -0.2) is 0 Å². The van der Waals surface area contributed by atoms with E-state index in [1.807, 2.05) is 0 Å². The van der Waals surface area contributed by atoms with Gasteiger partial charge in [0.05, 0.1) is 16.4 Å². The Kier molecular flexibility index (Phi) is 5.11. The number of rotatable bonds is 3. The van der Waals surface area contributed by atoms with Gasteiger partial charge in [-0.15, -0.1) is 12.4 Å². The number of hydrogen-bond acceptors (Lipinski definition) is 5. The minimum absolute atomic E-state index is 0. The Morgan fingerprint density at radius 2 is 2.36 bits per heavy atom. The van der Waals surface area contributed by atoms with E-state index in [1.54, 1.807) is 6.92 Å². The molecule has 0 fully saturated rings. The summed E-state index contributed by atoms with van der Waals surface area (Å²) in [5.74, 6) is -0.0133. The fourth-order valence-electron chi connectivity index (χ4n) is 0.763. The summed E-state index contributed by atoms with van der Waals surface area (Å²) in [5, 5.41) is 17.7. The largest absolute Gasteiger partial charge is 0.477 e. The third kappa shape index (κ3) is 2.97. The molecular weight excluding hydrogens is 228 g/mol. The summed E-state index contributed by atoms with van der Waals surface area (Å²) in [5.41, 5.74) is 0. The first-order chi connectivity index (χ1) is 6.15. The van der Waals surface area contributed by atoms with Gasteiger partial charge in [-0.1, -0.05) is 11.3 Å². The molecule has 14 heavy (non-hydrogen) atoms. The van der Waals surface area contributed by atoms with E-state index in [1.165, 1.54) is 12.1 Å². The first-order valence-corrected chi connectivity index (χ1v) is 4.42. The van der Waals surface area contributed by atoms with Gasteiger partial charge in [0.2, 0.25) is 5.90 Å². The fourth-order valence-corrected chi connectivity index (χ4v) is 1.49. The molecule has 1 aromatic heterocycles. The van der Waals surface area contributed by atoms with Crippen LogP contribution in [0.1, 0.15) is 11.8 Å². The molecule has 0 saturated carbocycles. The minimum Gasteiger partial charge on any atom is -0.477 e. The summed E-state index contributed by atoms with van der Waals surface area (Å²) in [6, 6.07) is 2.88. The van der Waals surface area contributed by atoms with Crippen LogP contribution in [0.4, 0.5) is 5.00 Å². The van der Waals surface area contributed by atoms with E-state index in [4.69, 9.17) is 10.1 Å². The van der Waals surface area contributed by atoms with Crippen LogP contribution in [-0.2, 0) is 4.74 Å². The number of nitrogens with one attached hydrogen (secondary N) is 1. The van der Waals surface area contributed by atoms with E-state index < -0.39 is 4.92 Å². The Morgan fingerprint density at radius 3 is 2.79 bits per heavy atom. The zero-order valence-electron chi connectivity index (χ0n) is 7.35. The van der Waals surface area contributed by atoms with Gasteiger partial charge in [0.15, 0.2) is 0 Å².